The first kappa shape index (κ1) is 15.4. The number of anilines is 2. The van der Waals surface area contributed by atoms with Crippen molar-refractivity contribution in [1.29, 1.82) is 0 Å². The molecule has 2 aromatic rings. The third-order valence-electron chi connectivity index (χ3n) is 2.98. The molecule has 0 aliphatic carbocycles. The van der Waals surface area contributed by atoms with E-state index in [-0.39, 0.29) is 5.91 Å². The Kier molecular flexibility index (Phi) is 5.22. The van der Waals surface area contributed by atoms with Crippen LogP contribution >= 0.6 is 11.8 Å². The van der Waals surface area contributed by atoms with E-state index >= 15 is 0 Å². The van der Waals surface area contributed by atoms with Crippen LogP contribution in [0.15, 0.2) is 41.4 Å². The summed E-state index contributed by atoms with van der Waals surface area (Å²) in [5.41, 5.74) is 3.03. The minimum Gasteiger partial charge on any atom is -0.385 e. The largest absolute Gasteiger partial charge is 0.385 e. The van der Waals surface area contributed by atoms with Gasteiger partial charge in [-0.1, -0.05) is 6.07 Å². The van der Waals surface area contributed by atoms with E-state index < -0.39 is 0 Å². The maximum absolute atomic E-state index is 12.4. The zero-order chi connectivity index (χ0) is 15.2. The van der Waals surface area contributed by atoms with Crippen molar-refractivity contribution in [1.82, 2.24) is 4.98 Å². The summed E-state index contributed by atoms with van der Waals surface area (Å²) in [6, 6.07) is 9.66. The van der Waals surface area contributed by atoms with Gasteiger partial charge < -0.3 is 10.6 Å². The Labute approximate surface area is 129 Å². The molecule has 2 N–H and O–H groups in total. The molecule has 0 bridgehead atoms. The highest BCUT2D eigenvalue weighted by Gasteiger charge is 2.12. The predicted molar refractivity (Wildman–Crippen MR) is 89.3 cm³/mol. The number of rotatable bonds is 5. The highest BCUT2D eigenvalue weighted by molar-refractivity contribution is 7.98. The zero-order valence-electron chi connectivity index (χ0n) is 12.4. The minimum absolute atomic E-state index is 0.156. The summed E-state index contributed by atoms with van der Waals surface area (Å²) in [7, 11) is 0. The summed E-state index contributed by atoms with van der Waals surface area (Å²) in [5.74, 6) is -0.156. The number of hydrogen-bond acceptors (Lipinski definition) is 4. The smallest absolute Gasteiger partial charge is 0.259 e. The molecule has 0 radical (unpaired) electrons. The van der Waals surface area contributed by atoms with Crippen molar-refractivity contribution in [3.63, 3.8) is 0 Å². The van der Waals surface area contributed by atoms with Gasteiger partial charge in [0.1, 0.15) is 0 Å². The van der Waals surface area contributed by atoms with E-state index in [0.717, 1.165) is 28.5 Å². The molecule has 0 aliphatic heterocycles. The normalized spacial score (nSPS) is 10.2. The molecular weight excluding hydrogens is 282 g/mol. The standard InChI is InChI=1S/C16H19N3OS/c1-4-17-15-8-11(2)18-10-14(15)16(20)19-12-6-5-7-13(9-12)21-3/h5-10H,4H2,1-3H3,(H,17,18)(H,19,20). The van der Waals surface area contributed by atoms with Crippen LogP contribution in [0.25, 0.3) is 0 Å². The quantitative estimate of drug-likeness (QED) is 0.825. The van der Waals surface area contributed by atoms with E-state index in [2.05, 4.69) is 15.6 Å². The van der Waals surface area contributed by atoms with Gasteiger partial charge in [0.2, 0.25) is 0 Å². The zero-order valence-corrected chi connectivity index (χ0v) is 13.3. The summed E-state index contributed by atoms with van der Waals surface area (Å²) in [4.78, 5) is 17.7. The first-order valence-electron chi connectivity index (χ1n) is 6.80. The van der Waals surface area contributed by atoms with E-state index in [1.54, 1.807) is 18.0 Å². The van der Waals surface area contributed by atoms with Crippen LogP contribution in [-0.2, 0) is 0 Å². The predicted octanol–water partition coefficient (Wildman–Crippen LogP) is 3.80. The van der Waals surface area contributed by atoms with Gasteiger partial charge in [-0.2, -0.15) is 0 Å². The van der Waals surface area contributed by atoms with Crippen LogP contribution < -0.4 is 10.6 Å². The molecule has 2 rings (SSSR count). The van der Waals surface area contributed by atoms with E-state index in [4.69, 9.17) is 0 Å². The lowest BCUT2D eigenvalue weighted by Crippen LogP contribution is -2.15. The Morgan fingerprint density at radius 1 is 1.33 bits per heavy atom. The molecule has 0 saturated carbocycles. The number of amides is 1. The van der Waals surface area contributed by atoms with Crippen LogP contribution in [0.5, 0.6) is 0 Å². The number of hydrogen-bond donors (Lipinski definition) is 2. The molecule has 1 aromatic carbocycles. The lowest BCUT2D eigenvalue weighted by molar-refractivity contribution is 0.102. The fraction of sp³-hybridized carbons (Fsp3) is 0.250. The number of nitrogens with one attached hydrogen (secondary N) is 2. The Bertz CT molecular complexity index is 643. The topological polar surface area (TPSA) is 54.0 Å². The molecule has 0 aliphatic rings. The number of aryl methyl sites for hydroxylation is 1. The summed E-state index contributed by atoms with van der Waals surface area (Å²) in [5, 5.41) is 6.12. The second-order valence-electron chi connectivity index (χ2n) is 4.59. The monoisotopic (exact) mass is 301 g/mol. The maximum Gasteiger partial charge on any atom is 0.259 e. The Morgan fingerprint density at radius 3 is 2.86 bits per heavy atom. The van der Waals surface area contributed by atoms with E-state index in [1.165, 1.54) is 0 Å². The molecule has 1 aromatic heterocycles. The van der Waals surface area contributed by atoms with Gasteiger partial charge in [-0.3, -0.25) is 9.78 Å². The Morgan fingerprint density at radius 2 is 2.14 bits per heavy atom. The van der Waals surface area contributed by atoms with E-state index in [9.17, 15) is 4.79 Å². The molecule has 1 heterocycles. The molecule has 1 amide bonds. The first-order chi connectivity index (χ1) is 10.1. The molecule has 0 spiro atoms. The highest BCUT2D eigenvalue weighted by Crippen LogP contribution is 2.21. The second kappa shape index (κ2) is 7.13. The van der Waals surface area contributed by atoms with Crippen molar-refractivity contribution in [2.24, 2.45) is 0 Å². The molecule has 0 fully saturated rings. The van der Waals surface area contributed by atoms with Crippen LogP contribution in [0, 0.1) is 6.92 Å². The molecule has 0 saturated heterocycles. The van der Waals surface area contributed by atoms with Crippen LogP contribution in [0.4, 0.5) is 11.4 Å². The highest BCUT2D eigenvalue weighted by atomic mass is 32.2. The number of carbonyl (C=O) groups is 1. The number of carbonyl (C=O) groups excluding carboxylic acids is 1. The van der Waals surface area contributed by atoms with Crippen LogP contribution in [0.3, 0.4) is 0 Å². The first-order valence-corrected chi connectivity index (χ1v) is 8.02. The summed E-state index contributed by atoms with van der Waals surface area (Å²) < 4.78 is 0. The van der Waals surface area contributed by atoms with Crippen molar-refractivity contribution in [2.75, 3.05) is 23.4 Å². The minimum atomic E-state index is -0.156. The summed E-state index contributed by atoms with van der Waals surface area (Å²) in [6.07, 6.45) is 3.62. The summed E-state index contributed by atoms with van der Waals surface area (Å²) >= 11 is 1.64. The van der Waals surface area contributed by atoms with Gasteiger partial charge >= 0.3 is 0 Å². The summed E-state index contributed by atoms with van der Waals surface area (Å²) in [6.45, 7) is 4.66. The van der Waals surface area contributed by atoms with Crippen molar-refractivity contribution < 1.29 is 4.79 Å². The molecule has 110 valence electrons. The van der Waals surface area contributed by atoms with Gasteiger partial charge in [-0.05, 0) is 44.4 Å². The van der Waals surface area contributed by atoms with Gasteiger partial charge in [-0.15, -0.1) is 11.8 Å². The van der Waals surface area contributed by atoms with E-state index in [1.807, 2.05) is 50.4 Å². The number of benzene rings is 1. The number of aromatic nitrogens is 1. The van der Waals surface area contributed by atoms with Gasteiger partial charge in [0.05, 0.1) is 11.3 Å². The molecule has 0 atom stereocenters. The number of nitrogens with zero attached hydrogens (tertiary/aromatic N) is 1. The molecular formula is C16H19N3OS. The van der Waals surface area contributed by atoms with Crippen molar-refractivity contribution in [3.8, 4) is 0 Å². The van der Waals surface area contributed by atoms with Gasteiger partial charge in [0.15, 0.2) is 0 Å². The van der Waals surface area contributed by atoms with Gasteiger partial charge in [0, 0.05) is 29.0 Å². The average molecular weight is 301 g/mol. The van der Waals surface area contributed by atoms with Crippen molar-refractivity contribution in [3.05, 3.63) is 47.8 Å². The molecule has 4 nitrogen and oxygen atoms in total. The van der Waals surface area contributed by atoms with Gasteiger partial charge in [-0.25, -0.2) is 0 Å². The van der Waals surface area contributed by atoms with E-state index in [0.29, 0.717) is 5.56 Å². The number of pyridine rings is 1. The number of thioether (sulfide) groups is 1. The molecule has 0 unspecified atom stereocenters. The Balaban J connectivity index is 2.23. The second-order valence-corrected chi connectivity index (χ2v) is 5.47. The van der Waals surface area contributed by atoms with Crippen LogP contribution in [-0.4, -0.2) is 23.7 Å². The Hall–Kier alpha value is -2.01. The van der Waals surface area contributed by atoms with Crippen molar-refractivity contribution in [2.45, 2.75) is 18.7 Å². The third kappa shape index (κ3) is 3.98. The lowest BCUT2D eigenvalue weighted by atomic mass is 10.2. The fourth-order valence-electron chi connectivity index (χ4n) is 1.98. The van der Waals surface area contributed by atoms with Crippen LogP contribution in [0.2, 0.25) is 0 Å². The van der Waals surface area contributed by atoms with Crippen molar-refractivity contribution >= 4 is 29.0 Å². The lowest BCUT2D eigenvalue weighted by Gasteiger charge is -2.12. The SMILES string of the molecule is CCNc1cc(C)ncc1C(=O)Nc1cccc(SC)c1. The van der Waals surface area contributed by atoms with Crippen LogP contribution in [0.1, 0.15) is 23.0 Å². The maximum atomic E-state index is 12.4. The third-order valence-corrected chi connectivity index (χ3v) is 3.71. The molecule has 5 heteroatoms. The molecule has 21 heavy (non-hydrogen) atoms. The fourth-order valence-corrected chi connectivity index (χ4v) is 2.44. The average Bonchev–Trinajstić information content (AvgIpc) is 2.48. The van der Waals surface area contributed by atoms with Gasteiger partial charge in [0.25, 0.3) is 5.91 Å².